The topological polar surface area (TPSA) is 77.8 Å². The van der Waals surface area contributed by atoms with Crippen molar-refractivity contribution in [2.24, 2.45) is 10.1 Å². The Balaban J connectivity index is 1.24. The zero-order chi connectivity index (χ0) is 23.9. The first-order valence-corrected chi connectivity index (χ1v) is 11.5. The van der Waals surface area contributed by atoms with Crippen LogP contribution in [0.25, 0.3) is 0 Å². The van der Waals surface area contributed by atoms with Crippen molar-refractivity contribution < 1.29 is 14.3 Å². The van der Waals surface area contributed by atoms with Gasteiger partial charge < -0.3 is 9.64 Å². The Labute approximate surface area is 200 Å². The van der Waals surface area contributed by atoms with Crippen LogP contribution in [0.4, 0.5) is 0 Å². The van der Waals surface area contributed by atoms with Crippen molar-refractivity contribution in [1.82, 2.24) is 14.8 Å². The van der Waals surface area contributed by atoms with Crippen molar-refractivity contribution in [2.45, 2.75) is 19.4 Å². The van der Waals surface area contributed by atoms with Gasteiger partial charge in [-0.1, -0.05) is 48.0 Å². The molecule has 2 amide bonds. The molecule has 2 heterocycles. The maximum atomic E-state index is 12.9. The van der Waals surface area contributed by atoms with Gasteiger partial charge in [-0.15, -0.1) is 0 Å². The molecule has 34 heavy (non-hydrogen) atoms. The third kappa shape index (κ3) is 6.29. The second-order valence-electron chi connectivity index (χ2n) is 8.56. The third-order valence-corrected chi connectivity index (χ3v) is 5.96. The van der Waals surface area contributed by atoms with Crippen LogP contribution in [-0.4, -0.2) is 78.4 Å². The lowest BCUT2D eigenvalue weighted by Gasteiger charge is -2.40. The molecule has 0 spiro atoms. The zero-order valence-corrected chi connectivity index (χ0v) is 19.6. The van der Waals surface area contributed by atoms with E-state index in [1.807, 2.05) is 35.2 Å². The summed E-state index contributed by atoms with van der Waals surface area (Å²) in [7, 11) is 2.09. The molecule has 1 saturated heterocycles. The maximum absolute atomic E-state index is 12.9. The second-order valence-corrected chi connectivity index (χ2v) is 8.56. The molecule has 2 aromatic rings. The van der Waals surface area contributed by atoms with Crippen LogP contribution in [-0.2, 0) is 9.59 Å². The van der Waals surface area contributed by atoms with E-state index in [-0.39, 0.29) is 37.4 Å². The summed E-state index contributed by atoms with van der Waals surface area (Å²) in [4.78, 5) is 33.3. The molecule has 0 N–H and O–H groups in total. The van der Waals surface area contributed by atoms with Crippen molar-refractivity contribution in [3.63, 3.8) is 0 Å². The molecule has 0 saturated carbocycles. The predicted molar refractivity (Wildman–Crippen MR) is 132 cm³/mol. The van der Waals surface area contributed by atoms with Crippen LogP contribution < -0.4 is 4.74 Å². The highest BCUT2D eigenvalue weighted by Gasteiger charge is 2.29. The summed E-state index contributed by atoms with van der Waals surface area (Å²) in [6, 6.07) is 18.0. The number of benzene rings is 2. The maximum Gasteiger partial charge on any atom is 0.249 e. The molecule has 1 atom stereocenters. The summed E-state index contributed by atoms with van der Waals surface area (Å²) in [6.45, 7) is 6.19. The minimum atomic E-state index is -0.290. The van der Waals surface area contributed by atoms with E-state index in [9.17, 15) is 9.59 Å². The highest BCUT2D eigenvalue weighted by molar-refractivity contribution is 6.37. The van der Waals surface area contributed by atoms with E-state index in [2.05, 4.69) is 53.2 Å². The quantitative estimate of drug-likeness (QED) is 0.635. The minimum absolute atomic E-state index is 0.00227. The molecule has 2 aliphatic rings. The number of carbonyl (C=O) groups excluding carboxylic acids is 2. The van der Waals surface area contributed by atoms with Crippen LogP contribution in [0, 0.1) is 13.5 Å². The monoisotopic (exact) mass is 460 g/mol. The van der Waals surface area contributed by atoms with Gasteiger partial charge in [0.25, 0.3) is 0 Å². The first-order chi connectivity index (χ1) is 16.5. The summed E-state index contributed by atoms with van der Waals surface area (Å²) >= 11 is 0. The lowest BCUT2D eigenvalue weighted by Crippen LogP contribution is -2.50. The number of hydrogen-bond acceptors (Lipinski definition) is 6. The Morgan fingerprint density at radius 2 is 1.85 bits per heavy atom. The van der Waals surface area contributed by atoms with Crippen molar-refractivity contribution in [1.29, 1.82) is 0 Å². The summed E-state index contributed by atoms with van der Waals surface area (Å²) < 4.78 is 5.54. The van der Waals surface area contributed by atoms with Crippen LogP contribution >= 0.6 is 0 Å². The standard InChI is InChI=1S/C26H30N5O3/c1-20-8-10-21(11-9-20)24-18-30(14-13-29(24)2)26(33)19-31-17-22(16-27-31)28-25(32)12-15-34-23-6-4-3-5-7-23/h3-11,16-17,24H,12-15,18-19H2,1-2H3. The molecule has 8 heteroatoms. The fraction of sp³-hybridized carbons (Fsp3) is 0.346. The predicted octanol–water partition coefficient (Wildman–Crippen LogP) is 2.71. The first-order valence-electron chi connectivity index (χ1n) is 11.5. The third-order valence-electron chi connectivity index (χ3n) is 5.96. The lowest BCUT2D eigenvalue weighted by atomic mass is 10.0. The number of likely N-dealkylation sites (N-methyl/N-ethyl adjacent to an activating group) is 1. The van der Waals surface area contributed by atoms with Gasteiger partial charge in [0.15, 0.2) is 0 Å². The van der Waals surface area contributed by atoms with Crippen molar-refractivity contribution in [2.75, 3.05) is 39.8 Å². The number of rotatable bonds is 7. The summed E-state index contributed by atoms with van der Waals surface area (Å²) in [5.74, 6) is 0.430. The average molecular weight is 461 g/mol. The van der Waals surface area contributed by atoms with Gasteiger partial charge in [-0.3, -0.25) is 19.5 Å². The molecule has 1 fully saturated rings. The average Bonchev–Trinajstić information content (AvgIpc) is 3.27. The number of hydrazone groups is 1. The van der Waals surface area contributed by atoms with Crippen LogP contribution in [0.15, 0.2) is 64.7 Å². The van der Waals surface area contributed by atoms with E-state index in [0.717, 1.165) is 12.3 Å². The van der Waals surface area contributed by atoms with E-state index < -0.39 is 0 Å². The Morgan fingerprint density at radius 3 is 2.62 bits per heavy atom. The summed E-state index contributed by atoms with van der Waals surface area (Å²) in [5, 5.41) is 5.75. The van der Waals surface area contributed by atoms with Gasteiger partial charge in [-0.2, -0.15) is 5.10 Å². The largest absolute Gasteiger partial charge is 0.493 e. The van der Waals surface area contributed by atoms with Crippen molar-refractivity contribution in [3.8, 4) is 5.75 Å². The van der Waals surface area contributed by atoms with E-state index in [4.69, 9.17) is 4.74 Å². The van der Waals surface area contributed by atoms with Crippen LogP contribution in [0.3, 0.4) is 0 Å². The second kappa shape index (κ2) is 11.1. The van der Waals surface area contributed by atoms with E-state index in [1.165, 1.54) is 22.4 Å². The normalized spacial score (nSPS) is 19.6. The molecular weight excluding hydrogens is 430 g/mol. The Bertz CT molecular complexity index is 1050. The highest BCUT2D eigenvalue weighted by Crippen LogP contribution is 2.24. The fourth-order valence-corrected chi connectivity index (χ4v) is 3.96. The molecule has 4 rings (SSSR count). The Hall–Kier alpha value is -3.52. The lowest BCUT2D eigenvalue weighted by molar-refractivity contribution is -0.134. The van der Waals surface area contributed by atoms with E-state index >= 15 is 0 Å². The molecular formula is C26H30N5O3. The van der Waals surface area contributed by atoms with Gasteiger partial charge in [0.1, 0.15) is 18.8 Å². The van der Waals surface area contributed by atoms with Gasteiger partial charge >= 0.3 is 0 Å². The molecule has 0 bridgehead atoms. The fourth-order valence-electron chi connectivity index (χ4n) is 3.96. The number of piperazine rings is 1. The van der Waals surface area contributed by atoms with E-state index in [1.54, 1.807) is 6.54 Å². The number of hydrogen-bond donors (Lipinski definition) is 0. The molecule has 2 aliphatic heterocycles. The molecule has 1 unspecified atom stereocenters. The van der Waals surface area contributed by atoms with Crippen molar-refractivity contribution in [3.05, 3.63) is 72.3 Å². The molecule has 8 nitrogen and oxygen atoms in total. The van der Waals surface area contributed by atoms with Gasteiger partial charge in [-0.25, -0.2) is 4.99 Å². The number of aliphatic imine (C=N–C) groups is 1. The number of para-hydroxylation sites is 1. The number of nitrogens with zero attached hydrogens (tertiary/aromatic N) is 5. The van der Waals surface area contributed by atoms with Crippen molar-refractivity contribution >= 4 is 23.7 Å². The zero-order valence-electron chi connectivity index (χ0n) is 19.6. The smallest absolute Gasteiger partial charge is 0.249 e. The number of ether oxygens (including phenoxy) is 1. The SMILES string of the molecule is Cc1ccc(C2CN(C(=O)CN3[CH]C(=NC(=O)CCOc4ccccc4)C=N3)CCN2C)cc1. The molecule has 2 aromatic carbocycles. The van der Waals surface area contributed by atoms with Gasteiger partial charge in [-0.05, 0) is 31.7 Å². The number of carbonyl (C=O) groups is 2. The molecule has 0 aromatic heterocycles. The van der Waals surface area contributed by atoms with Crippen LogP contribution in [0.2, 0.25) is 0 Å². The number of amides is 2. The van der Waals surface area contributed by atoms with Crippen LogP contribution in [0.1, 0.15) is 23.6 Å². The molecule has 177 valence electrons. The van der Waals surface area contributed by atoms with Gasteiger partial charge in [0, 0.05) is 19.6 Å². The van der Waals surface area contributed by atoms with Crippen LogP contribution in [0.5, 0.6) is 5.75 Å². The van der Waals surface area contributed by atoms with Gasteiger partial charge in [0.2, 0.25) is 11.8 Å². The summed E-state index contributed by atoms with van der Waals surface area (Å²) in [5.41, 5.74) is 2.87. The number of aryl methyl sites for hydroxylation is 1. The highest BCUT2D eigenvalue weighted by atomic mass is 16.5. The summed E-state index contributed by atoms with van der Waals surface area (Å²) in [6.07, 6.45) is 1.67. The molecule has 1 radical (unpaired) electrons. The van der Waals surface area contributed by atoms with E-state index in [0.29, 0.717) is 18.8 Å². The first kappa shape index (κ1) is 23.6. The minimum Gasteiger partial charge on any atom is -0.493 e. The van der Waals surface area contributed by atoms with Gasteiger partial charge in [0.05, 0.1) is 31.0 Å². The Morgan fingerprint density at radius 1 is 1.09 bits per heavy atom. The Kier molecular flexibility index (Phi) is 7.69. The molecule has 0 aliphatic carbocycles.